The molecule has 2 N–H and O–H groups in total. The molecule has 6 nitrogen and oxygen atoms in total. The second-order valence-electron chi connectivity index (χ2n) is 6.25. The van der Waals surface area contributed by atoms with Crippen LogP contribution in [0, 0.1) is 0 Å². The number of amides is 1. The molecule has 0 saturated carbocycles. The first-order valence-corrected chi connectivity index (χ1v) is 8.37. The maximum absolute atomic E-state index is 11.4. The lowest BCUT2D eigenvalue weighted by molar-refractivity contribution is 0.141. The number of nitrogens with zero attached hydrogens (tertiary/aromatic N) is 3. The second kappa shape index (κ2) is 9.17. The Labute approximate surface area is 143 Å². The van der Waals surface area contributed by atoms with Gasteiger partial charge in [0.05, 0.1) is 6.67 Å². The van der Waals surface area contributed by atoms with Crippen molar-refractivity contribution >= 4 is 6.09 Å². The Bertz CT molecular complexity index is 545. The summed E-state index contributed by atoms with van der Waals surface area (Å²) in [5.74, 6) is 0. The molecule has 0 unspecified atom stereocenters. The third-order valence-electron chi connectivity index (χ3n) is 4.08. The Balaban J connectivity index is 1.84. The van der Waals surface area contributed by atoms with E-state index in [1.165, 1.54) is 10.5 Å². The van der Waals surface area contributed by atoms with Crippen LogP contribution in [0.25, 0.3) is 0 Å². The zero-order valence-corrected chi connectivity index (χ0v) is 14.3. The molecule has 1 heterocycles. The molecule has 0 bridgehead atoms. The Morgan fingerprint density at radius 1 is 1.12 bits per heavy atom. The minimum absolute atomic E-state index is 0.163. The van der Waals surface area contributed by atoms with Crippen molar-refractivity contribution in [1.82, 2.24) is 14.7 Å². The van der Waals surface area contributed by atoms with Gasteiger partial charge in [0.25, 0.3) is 0 Å². The Morgan fingerprint density at radius 3 is 2.42 bits per heavy atom. The van der Waals surface area contributed by atoms with Gasteiger partial charge in [0.15, 0.2) is 0 Å². The summed E-state index contributed by atoms with van der Waals surface area (Å²) >= 11 is 0. The minimum Gasteiger partial charge on any atom is -0.465 e. The predicted molar refractivity (Wildman–Crippen MR) is 93.1 cm³/mol. The highest BCUT2D eigenvalue weighted by Gasteiger charge is 2.12. The third-order valence-corrected chi connectivity index (χ3v) is 4.08. The van der Waals surface area contributed by atoms with E-state index in [9.17, 15) is 9.90 Å². The van der Waals surface area contributed by atoms with Crippen LogP contribution in [0.4, 0.5) is 4.79 Å². The topological polar surface area (TPSA) is 67.2 Å². The van der Waals surface area contributed by atoms with Crippen molar-refractivity contribution in [3.05, 3.63) is 47.8 Å². The number of carbonyl (C=O) groups is 1. The standard InChI is InChI=1S/C18H27N3O3/c1-19-10-11-20(15-19)13-16-5-7-17(8-6-16)14-21(18(23)24)9-3-2-4-12-22/h5-8,10-11,22H,2-4,9,12-15H2,1H3,(H,23,24). The van der Waals surface area contributed by atoms with Gasteiger partial charge in [-0.3, -0.25) is 0 Å². The lowest BCUT2D eigenvalue weighted by Gasteiger charge is -2.20. The van der Waals surface area contributed by atoms with E-state index in [0.29, 0.717) is 13.1 Å². The van der Waals surface area contributed by atoms with Crippen LogP contribution < -0.4 is 0 Å². The summed E-state index contributed by atoms with van der Waals surface area (Å²) in [6.07, 6.45) is 5.58. The van der Waals surface area contributed by atoms with Crippen molar-refractivity contribution in [3.8, 4) is 0 Å². The first-order valence-electron chi connectivity index (χ1n) is 8.37. The summed E-state index contributed by atoms with van der Waals surface area (Å²) in [5.41, 5.74) is 2.21. The molecule has 0 spiro atoms. The maximum atomic E-state index is 11.4. The lowest BCUT2D eigenvalue weighted by atomic mass is 10.1. The molecule has 0 fully saturated rings. The van der Waals surface area contributed by atoms with Crippen LogP contribution in [-0.4, -0.2) is 57.9 Å². The van der Waals surface area contributed by atoms with Gasteiger partial charge in [-0.25, -0.2) is 4.79 Å². The van der Waals surface area contributed by atoms with E-state index in [0.717, 1.165) is 38.0 Å². The van der Waals surface area contributed by atoms with Crippen molar-refractivity contribution in [2.45, 2.75) is 32.4 Å². The van der Waals surface area contributed by atoms with Crippen LogP contribution in [0.2, 0.25) is 0 Å². The zero-order chi connectivity index (χ0) is 17.4. The molecule has 0 aromatic heterocycles. The first-order chi connectivity index (χ1) is 11.6. The average molecular weight is 333 g/mol. The van der Waals surface area contributed by atoms with Crippen molar-refractivity contribution in [1.29, 1.82) is 0 Å². The third kappa shape index (κ3) is 5.77. The second-order valence-corrected chi connectivity index (χ2v) is 6.25. The number of hydrogen-bond acceptors (Lipinski definition) is 4. The fraction of sp³-hybridized carbons (Fsp3) is 0.500. The largest absolute Gasteiger partial charge is 0.465 e. The summed E-state index contributed by atoms with van der Waals surface area (Å²) in [4.78, 5) is 17.1. The molecule has 132 valence electrons. The van der Waals surface area contributed by atoms with Gasteiger partial charge >= 0.3 is 6.09 Å². The molecular formula is C18H27N3O3. The van der Waals surface area contributed by atoms with E-state index in [2.05, 4.69) is 34.3 Å². The van der Waals surface area contributed by atoms with E-state index in [1.807, 2.05) is 19.2 Å². The maximum Gasteiger partial charge on any atom is 0.407 e. The Kier molecular flexibility index (Phi) is 6.93. The molecule has 1 amide bonds. The lowest BCUT2D eigenvalue weighted by Crippen LogP contribution is -2.30. The zero-order valence-electron chi connectivity index (χ0n) is 14.3. The number of aliphatic hydroxyl groups is 1. The summed E-state index contributed by atoms with van der Waals surface area (Å²) in [6.45, 7) is 2.81. The van der Waals surface area contributed by atoms with Crippen LogP contribution in [0.15, 0.2) is 36.7 Å². The van der Waals surface area contributed by atoms with Gasteiger partial charge in [-0.2, -0.15) is 0 Å². The number of aliphatic hydroxyl groups excluding tert-OH is 1. The summed E-state index contributed by atoms with van der Waals surface area (Å²) in [5, 5.41) is 18.1. The van der Waals surface area contributed by atoms with E-state index < -0.39 is 6.09 Å². The van der Waals surface area contributed by atoms with Crippen LogP contribution in [0.5, 0.6) is 0 Å². The smallest absolute Gasteiger partial charge is 0.407 e. The van der Waals surface area contributed by atoms with Gasteiger partial charge in [-0.15, -0.1) is 0 Å². The van der Waals surface area contributed by atoms with Crippen molar-refractivity contribution in [2.75, 3.05) is 26.9 Å². The number of rotatable bonds is 9. The highest BCUT2D eigenvalue weighted by Crippen LogP contribution is 2.13. The van der Waals surface area contributed by atoms with Crippen molar-refractivity contribution in [3.63, 3.8) is 0 Å². The Morgan fingerprint density at radius 2 is 1.83 bits per heavy atom. The molecule has 0 radical (unpaired) electrons. The van der Waals surface area contributed by atoms with E-state index in [1.54, 1.807) is 0 Å². The monoisotopic (exact) mass is 333 g/mol. The van der Waals surface area contributed by atoms with Crippen LogP contribution in [0.1, 0.15) is 30.4 Å². The molecule has 0 saturated heterocycles. The van der Waals surface area contributed by atoms with Crippen molar-refractivity contribution in [2.24, 2.45) is 0 Å². The van der Waals surface area contributed by atoms with Crippen molar-refractivity contribution < 1.29 is 15.0 Å². The minimum atomic E-state index is -0.895. The van der Waals surface area contributed by atoms with Gasteiger partial charge in [-0.05, 0) is 30.4 Å². The van der Waals surface area contributed by atoms with Gasteiger partial charge in [-0.1, -0.05) is 24.3 Å². The number of unbranched alkanes of at least 4 members (excludes halogenated alkanes) is 2. The quantitative estimate of drug-likeness (QED) is 0.680. The molecule has 1 aromatic rings. The fourth-order valence-corrected chi connectivity index (χ4v) is 2.73. The number of carboxylic acid groups (broad SMARTS) is 1. The van der Waals surface area contributed by atoms with Gasteiger partial charge in [0.2, 0.25) is 0 Å². The normalized spacial score (nSPS) is 13.6. The number of benzene rings is 1. The average Bonchev–Trinajstić information content (AvgIpc) is 2.97. The molecule has 1 aliphatic heterocycles. The summed E-state index contributed by atoms with van der Waals surface area (Å²) in [7, 11) is 2.04. The first kappa shape index (κ1) is 18.1. The summed E-state index contributed by atoms with van der Waals surface area (Å²) < 4.78 is 0. The van der Waals surface area contributed by atoms with Crippen LogP contribution in [-0.2, 0) is 13.1 Å². The Hall–Kier alpha value is -2.21. The molecule has 24 heavy (non-hydrogen) atoms. The van der Waals surface area contributed by atoms with Crippen LogP contribution in [0.3, 0.4) is 0 Å². The van der Waals surface area contributed by atoms with Gasteiger partial charge in [0, 0.05) is 45.7 Å². The van der Waals surface area contributed by atoms with E-state index >= 15 is 0 Å². The van der Waals surface area contributed by atoms with Gasteiger partial charge in [0.1, 0.15) is 0 Å². The highest BCUT2D eigenvalue weighted by atomic mass is 16.4. The van der Waals surface area contributed by atoms with E-state index in [-0.39, 0.29) is 6.61 Å². The molecule has 2 rings (SSSR count). The molecular weight excluding hydrogens is 306 g/mol. The SMILES string of the molecule is CN1C=CN(Cc2ccc(CN(CCCCCO)C(=O)O)cc2)C1. The van der Waals surface area contributed by atoms with E-state index in [4.69, 9.17) is 5.11 Å². The summed E-state index contributed by atoms with van der Waals surface area (Å²) in [6, 6.07) is 8.13. The fourth-order valence-electron chi connectivity index (χ4n) is 2.73. The number of hydrogen-bond donors (Lipinski definition) is 2. The van der Waals surface area contributed by atoms with Gasteiger partial charge < -0.3 is 24.9 Å². The molecule has 0 atom stereocenters. The molecule has 6 heteroatoms. The molecule has 1 aromatic carbocycles. The highest BCUT2D eigenvalue weighted by molar-refractivity contribution is 5.64. The predicted octanol–water partition coefficient (Wildman–Crippen LogP) is 2.51. The van der Waals surface area contributed by atoms with Crippen LogP contribution >= 0.6 is 0 Å². The molecule has 1 aliphatic rings. The molecule has 0 aliphatic carbocycles.